The molecule has 0 aliphatic rings. The van der Waals surface area contributed by atoms with Crippen LogP contribution in [0.5, 0.6) is 5.75 Å². The fraction of sp³-hybridized carbons (Fsp3) is 0.333. The molecule has 0 spiro atoms. The normalized spacial score (nSPS) is 10.3. The Morgan fingerprint density at radius 3 is 2.81 bits per heavy atom. The zero-order valence-corrected chi connectivity index (χ0v) is 13.3. The van der Waals surface area contributed by atoms with Crippen LogP contribution in [0.2, 0.25) is 0 Å². The summed E-state index contributed by atoms with van der Waals surface area (Å²) < 4.78 is 10.3. The van der Waals surface area contributed by atoms with Gasteiger partial charge in [0.2, 0.25) is 0 Å². The van der Waals surface area contributed by atoms with Gasteiger partial charge in [-0.25, -0.2) is 9.78 Å². The molecule has 21 heavy (non-hydrogen) atoms. The van der Waals surface area contributed by atoms with Gasteiger partial charge in [0.1, 0.15) is 10.6 Å². The molecule has 0 bridgehead atoms. The number of aryl methyl sites for hydroxylation is 2. The number of benzene rings is 1. The highest BCUT2D eigenvalue weighted by atomic mass is 32.1. The first-order chi connectivity index (χ1) is 10.0. The number of anilines is 2. The third kappa shape index (κ3) is 3.52. The van der Waals surface area contributed by atoms with Crippen molar-refractivity contribution in [1.82, 2.24) is 4.98 Å². The number of hydrogen-bond donors (Lipinski definition) is 1. The monoisotopic (exact) mass is 306 g/mol. The summed E-state index contributed by atoms with van der Waals surface area (Å²) in [5, 5.41) is 3.84. The van der Waals surface area contributed by atoms with E-state index >= 15 is 0 Å². The second-order valence-corrected chi connectivity index (χ2v) is 5.48. The van der Waals surface area contributed by atoms with Crippen LogP contribution in [0.15, 0.2) is 18.2 Å². The van der Waals surface area contributed by atoms with Gasteiger partial charge in [0.05, 0.1) is 25.1 Å². The van der Waals surface area contributed by atoms with Crippen molar-refractivity contribution >= 4 is 28.1 Å². The van der Waals surface area contributed by atoms with Crippen molar-refractivity contribution in [2.45, 2.75) is 20.8 Å². The number of carbonyl (C=O) groups is 1. The Balaban J connectivity index is 2.26. The quantitative estimate of drug-likeness (QED) is 0.854. The molecule has 2 rings (SSSR count). The lowest BCUT2D eigenvalue weighted by Gasteiger charge is -2.09. The second kappa shape index (κ2) is 6.58. The number of thiazole rings is 1. The third-order valence-electron chi connectivity index (χ3n) is 2.85. The minimum Gasteiger partial charge on any atom is -0.495 e. The minimum atomic E-state index is -0.336. The van der Waals surface area contributed by atoms with Crippen molar-refractivity contribution in [2.75, 3.05) is 19.0 Å². The Hall–Kier alpha value is -2.08. The van der Waals surface area contributed by atoms with Crippen LogP contribution in [0.3, 0.4) is 0 Å². The second-order valence-electron chi connectivity index (χ2n) is 4.48. The molecule has 112 valence electrons. The summed E-state index contributed by atoms with van der Waals surface area (Å²) in [5.41, 5.74) is 2.59. The number of rotatable bonds is 5. The van der Waals surface area contributed by atoms with Gasteiger partial charge in [-0.05, 0) is 38.5 Å². The molecule has 1 aromatic heterocycles. The zero-order chi connectivity index (χ0) is 15.4. The molecule has 0 aliphatic heterocycles. The molecule has 0 saturated carbocycles. The van der Waals surface area contributed by atoms with E-state index in [1.54, 1.807) is 21.0 Å². The molecule has 2 aromatic rings. The van der Waals surface area contributed by atoms with Crippen LogP contribution in [0.4, 0.5) is 10.8 Å². The number of hydrogen-bond acceptors (Lipinski definition) is 6. The Kier molecular flexibility index (Phi) is 4.80. The van der Waals surface area contributed by atoms with Gasteiger partial charge in [-0.1, -0.05) is 17.4 Å². The first-order valence-corrected chi connectivity index (χ1v) is 7.43. The summed E-state index contributed by atoms with van der Waals surface area (Å²) in [7, 11) is 1.62. The summed E-state index contributed by atoms with van der Waals surface area (Å²) >= 11 is 1.28. The number of esters is 1. The number of nitrogens with one attached hydrogen (secondary N) is 1. The maximum absolute atomic E-state index is 11.8. The lowest BCUT2D eigenvalue weighted by Crippen LogP contribution is -2.03. The summed E-state index contributed by atoms with van der Waals surface area (Å²) in [6, 6.07) is 5.84. The van der Waals surface area contributed by atoms with Gasteiger partial charge in [0.25, 0.3) is 0 Å². The summed E-state index contributed by atoms with van der Waals surface area (Å²) in [6.07, 6.45) is 0. The van der Waals surface area contributed by atoms with Gasteiger partial charge < -0.3 is 14.8 Å². The molecule has 5 nitrogen and oxygen atoms in total. The third-order valence-corrected chi connectivity index (χ3v) is 3.91. The Morgan fingerprint density at radius 1 is 1.38 bits per heavy atom. The molecular weight excluding hydrogens is 288 g/mol. The fourth-order valence-electron chi connectivity index (χ4n) is 1.87. The number of aromatic nitrogens is 1. The average Bonchev–Trinajstić information content (AvgIpc) is 2.80. The highest BCUT2D eigenvalue weighted by Crippen LogP contribution is 2.31. The largest absolute Gasteiger partial charge is 0.495 e. The smallest absolute Gasteiger partial charge is 0.350 e. The van der Waals surface area contributed by atoms with Crippen LogP contribution in [0, 0.1) is 13.8 Å². The lowest BCUT2D eigenvalue weighted by molar-refractivity contribution is 0.0531. The van der Waals surface area contributed by atoms with Crippen molar-refractivity contribution in [1.29, 1.82) is 0 Å². The van der Waals surface area contributed by atoms with Crippen LogP contribution in [0.1, 0.15) is 27.9 Å². The molecule has 0 radical (unpaired) electrons. The maximum Gasteiger partial charge on any atom is 0.350 e. The predicted molar refractivity (Wildman–Crippen MR) is 83.8 cm³/mol. The van der Waals surface area contributed by atoms with Gasteiger partial charge in [0, 0.05) is 0 Å². The zero-order valence-electron chi connectivity index (χ0n) is 12.5. The molecule has 0 saturated heterocycles. The van der Waals surface area contributed by atoms with E-state index in [2.05, 4.69) is 10.3 Å². The van der Waals surface area contributed by atoms with Crippen molar-refractivity contribution in [3.63, 3.8) is 0 Å². The summed E-state index contributed by atoms with van der Waals surface area (Å²) in [6.45, 7) is 5.93. The van der Waals surface area contributed by atoms with E-state index in [4.69, 9.17) is 9.47 Å². The highest BCUT2D eigenvalue weighted by Gasteiger charge is 2.17. The Labute approximate surface area is 127 Å². The van der Waals surface area contributed by atoms with Crippen LogP contribution in [-0.2, 0) is 4.74 Å². The van der Waals surface area contributed by atoms with E-state index in [0.717, 1.165) is 17.0 Å². The molecular formula is C15H18N2O3S. The molecule has 0 unspecified atom stereocenters. The molecule has 1 aromatic carbocycles. The first-order valence-electron chi connectivity index (χ1n) is 6.61. The molecule has 1 heterocycles. The van der Waals surface area contributed by atoms with Gasteiger partial charge in [0.15, 0.2) is 5.13 Å². The number of nitrogens with zero attached hydrogens (tertiary/aromatic N) is 1. The van der Waals surface area contributed by atoms with Gasteiger partial charge in [-0.2, -0.15) is 0 Å². The number of carbonyl (C=O) groups excluding carboxylic acids is 1. The Bertz CT molecular complexity index is 652. The Morgan fingerprint density at radius 2 is 2.14 bits per heavy atom. The highest BCUT2D eigenvalue weighted by molar-refractivity contribution is 7.17. The number of ether oxygens (including phenoxy) is 2. The van der Waals surface area contributed by atoms with E-state index in [9.17, 15) is 4.79 Å². The SMILES string of the molecule is CCOC(=O)c1sc(Nc2cc(C)ccc2OC)nc1C. The van der Waals surface area contributed by atoms with Crippen molar-refractivity contribution < 1.29 is 14.3 Å². The summed E-state index contributed by atoms with van der Waals surface area (Å²) in [5.74, 6) is 0.392. The van der Waals surface area contributed by atoms with Gasteiger partial charge in [-0.3, -0.25) is 0 Å². The van der Waals surface area contributed by atoms with E-state index in [1.165, 1.54) is 11.3 Å². The molecule has 0 atom stereocenters. The maximum atomic E-state index is 11.8. The topological polar surface area (TPSA) is 60.5 Å². The van der Waals surface area contributed by atoms with Gasteiger partial charge >= 0.3 is 5.97 Å². The average molecular weight is 306 g/mol. The molecule has 1 N–H and O–H groups in total. The van der Waals surface area contributed by atoms with Crippen LogP contribution in [-0.4, -0.2) is 24.7 Å². The van der Waals surface area contributed by atoms with E-state index in [0.29, 0.717) is 22.3 Å². The molecule has 0 aliphatic carbocycles. The van der Waals surface area contributed by atoms with E-state index in [1.807, 2.05) is 25.1 Å². The van der Waals surface area contributed by atoms with Crippen molar-refractivity contribution in [3.8, 4) is 5.75 Å². The predicted octanol–water partition coefficient (Wildman–Crippen LogP) is 3.69. The number of methoxy groups -OCH3 is 1. The van der Waals surface area contributed by atoms with Crippen molar-refractivity contribution in [3.05, 3.63) is 34.3 Å². The first kappa shape index (κ1) is 15.3. The lowest BCUT2D eigenvalue weighted by atomic mass is 10.2. The molecule has 0 amide bonds. The molecule has 6 heteroatoms. The standard InChI is InChI=1S/C15H18N2O3S/c1-5-20-14(18)13-10(3)16-15(21-13)17-11-8-9(2)6-7-12(11)19-4/h6-8H,5H2,1-4H3,(H,16,17). The van der Waals surface area contributed by atoms with Gasteiger partial charge in [-0.15, -0.1) is 0 Å². The van der Waals surface area contributed by atoms with E-state index < -0.39 is 0 Å². The van der Waals surface area contributed by atoms with Crippen LogP contribution < -0.4 is 10.1 Å². The van der Waals surface area contributed by atoms with Crippen LogP contribution >= 0.6 is 11.3 Å². The van der Waals surface area contributed by atoms with Crippen molar-refractivity contribution in [2.24, 2.45) is 0 Å². The fourth-order valence-corrected chi connectivity index (χ4v) is 2.74. The van der Waals surface area contributed by atoms with E-state index in [-0.39, 0.29) is 5.97 Å². The van der Waals surface area contributed by atoms with Crippen LogP contribution in [0.25, 0.3) is 0 Å². The minimum absolute atomic E-state index is 0.336. The molecule has 0 fully saturated rings. The summed E-state index contributed by atoms with van der Waals surface area (Å²) in [4.78, 5) is 16.7.